The molecule has 0 aliphatic rings. The maximum atomic E-state index is 8.91. The van der Waals surface area contributed by atoms with Crippen molar-refractivity contribution in [3.63, 3.8) is 0 Å². The standard InChI is InChI=1S/C13H21NO/c1-4-13(2,3)14-9-11-5-7-12(10-15)8-6-11/h5-8,14-15H,4,9-10H2,1-3H3. The van der Waals surface area contributed by atoms with Crippen LogP contribution in [0.15, 0.2) is 24.3 Å². The molecular weight excluding hydrogens is 186 g/mol. The van der Waals surface area contributed by atoms with Crippen LogP contribution in [-0.4, -0.2) is 10.6 Å². The molecule has 15 heavy (non-hydrogen) atoms. The van der Waals surface area contributed by atoms with E-state index in [1.54, 1.807) is 0 Å². The molecule has 0 saturated heterocycles. The van der Waals surface area contributed by atoms with Gasteiger partial charge in [-0.1, -0.05) is 31.2 Å². The third-order valence-electron chi connectivity index (χ3n) is 2.86. The van der Waals surface area contributed by atoms with E-state index >= 15 is 0 Å². The van der Waals surface area contributed by atoms with Gasteiger partial charge in [0.15, 0.2) is 0 Å². The van der Waals surface area contributed by atoms with Gasteiger partial charge in [0.05, 0.1) is 6.61 Å². The summed E-state index contributed by atoms with van der Waals surface area (Å²) in [6, 6.07) is 8.06. The van der Waals surface area contributed by atoms with Gasteiger partial charge in [0.1, 0.15) is 0 Å². The van der Waals surface area contributed by atoms with Crippen molar-refractivity contribution in [2.45, 2.75) is 45.9 Å². The largest absolute Gasteiger partial charge is 0.392 e. The van der Waals surface area contributed by atoms with Gasteiger partial charge in [-0.05, 0) is 31.4 Å². The van der Waals surface area contributed by atoms with Crippen molar-refractivity contribution in [3.05, 3.63) is 35.4 Å². The van der Waals surface area contributed by atoms with Gasteiger partial charge in [-0.2, -0.15) is 0 Å². The molecule has 0 atom stereocenters. The minimum absolute atomic E-state index is 0.119. The van der Waals surface area contributed by atoms with E-state index in [9.17, 15) is 0 Å². The van der Waals surface area contributed by atoms with E-state index in [4.69, 9.17) is 5.11 Å². The van der Waals surface area contributed by atoms with E-state index in [0.717, 1.165) is 18.5 Å². The van der Waals surface area contributed by atoms with Crippen LogP contribution in [0.25, 0.3) is 0 Å². The second kappa shape index (κ2) is 5.29. The quantitative estimate of drug-likeness (QED) is 0.777. The molecule has 2 heteroatoms. The summed E-state index contributed by atoms with van der Waals surface area (Å²) >= 11 is 0. The van der Waals surface area contributed by atoms with Crippen molar-refractivity contribution in [2.24, 2.45) is 0 Å². The molecule has 2 nitrogen and oxygen atoms in total. The first-order valence-corrected chi connectivity index (χ1v) is 5.51. The zero-order valence-corrected chi connectivity index (χ0v) is 9.88. The Morgan fingerprint density at radius 2 is 1.67 bits per heavy atom. The number of aliphatic hydroxyl groups excluding tert-OH is 1. The maximum absolute atomic E-state index is 8.91. The topological polar surface area (TPSA) is 32.3 Å². The zero-order valence-electron chi connectivity index (χ0n) is 9.88. The summed E-state index contributed by atoms with van der Waals surface area (Å²) in [7, 11) is 0. The SMILES string of the molecule is CCC(C)(C)NCc1ccc(CO)cc1. The molecule has 2 N–H and O–H groups in total. The van der Waals surface area contributed by atoms with Crippen LogP contribution in [0.3, 0.4) is 0 Å². The minimum Gasteiger partial charge on any atom is -0.392 e. The monoisotopic (exact) mass is 207 g/mol. The molecule has 0 aliphatic heterocycles. The Labute approximate surface area is 92.3 Å². The number of hydrogen-bond acceptors (Lipinski definition) is 2. The normalized spacial score (nSPS) is 11.7. The molecule has 0 bridgehead atoms. The molecule has 0 spiro atoms. The lowest BCUT2D eigenvalue weighted by Crippen LogP contribution is -2.37. The molecule has 0 saturated carbocycles. The first kappa shape index (κ1) is 12.2. The maximum Gasteiger partial charge on any atom is 0.0681 e. The van der Waals surface area contributed by atoms with E-state index in [2.05, 4.69) is 38.2 Å². The van der Waals surface area contributed by atoms with Crippen LogP contribution in [0.5, 0.6) is 0 Å². The van der Waals surface area contributed by atoms with Gasteiger partial charge in [0, 0.05) is 12.1 Å². The minimum atomic E-state index is 0.119. The first-order chi connectivity index (χ1) is 7.07. The van der Waals surface area contributed by atoms with Crippen molar-refractivity contribution < 1.29 is 5.11 Å². The number of nitrogens with one attached hydrogen (secondary N) is 1. The summed E-state index contributed by atoms with van der Waals surface area (Å²) in [5, 5.41) is 12.4. The van der Waals surface area contributed by atoms with Crippen molar-refractivity contribution in [1.29, 1.82) is 0 Å². The van der Waals surface area contributed by atoms with Gasteiger partial charge in [-0.15, -0.1) is 0 Å². The fraction of sp³-hybridized carbons (Fsp3) is 0.538. The molecule has 0 radical (unpaired) electrons. The lowest BCUT2D eigenvalue weighted by Gasteiger charge is -2.24. The Balaban J connectivity index is 2.51. The molecule has 0 heterocycles. The lowest BCUT2D eigenvalue weighted by molar-refractivity contribution is 0.282. The van der Waals surface area contributed by atoms with Crippen molar-refractivity contribution >= 4 is 0 Å². The van der Waals surface area contributed by atoms with Crippen molar-refractivity contribution in [2.75, 3.05) is 0 Å². The smallest absolute Gasteiger partial charge is 0.0681 e. The molecular formula is C13H21NO. The van der Waals surface area contributed by atoms with Crippen LogP contribution < -0.4 is 5.32 Å². The molecule has 0 fully saturated rings. The van der Waals surface area contributed by atoms with Crippen LogP contribution in [0.4, 0.5) is 0 Å². The second-order valence-corrected chi connectivity index (χ2v) is 4.57. The van der Waals surface area contributed by atoms with Crippen LogP contribution >= 0.6 is 0 Å². The lowest BCUT2D eigenvalue weighted by atomic mass is 10.0. The summed E-state index contributed by atoms with van der Waals surface area (Å²) in [4.78, 5) is 0. The molecule has 0 aliphatic carbocycles. The molecule has 0 unspecified atom stereocenters. The molecule has 0 aromatic heterocycles. The average Bonchev–Trinajstić information content (AvgIpc) is 2.27. The Hall–Kier alpha value is -0.860. The third kappa shape index (κ3) is 4.02. The zero-order chi connectivity index (χ0) is 11.3. The van der Waals surface area contributed by atoms with Gasteiger partial charge >= 0.3 is 0 Å². The van der Waals surface area contributed by atoms with Gasteiger partial charge in [0.25, 0.3) is 0 Å². The fourth-order valence-electron chi connectivity index (χ4n) is 1.23. The van der Waals surface area contributed by atoms with Crippen LogP contribution in [0, 0.1) is 0 Å². The van der Waals surface area contributed by atoms with Gasteiger partial charge in [-0.3, -0.25) is 0 Å². The molecule has 84 valence electrons. The highest BCUT2D eigenvalue weighted by Gasteiger charge is 2.12. The summed E-state index contributed by atoms with van der Waals surface area (Å²) in [5.74, 6) is 0. The summed E-state index contributed by atoms with van der Waals surface area (Å²) in [6.45, 7) is 7.59. The Morgan fingerprint density at radius 3 is 2.13 bits per heavy atom. The van der Waals surface area contributed by atoms with Gasteiger partial charge < -0.3 is 10.4 Å². The Morgan fingerprint density at radius 1 is 1.13 bits per heavy atom. The number of rotatable bonds is 5. The molecule has 1 aromatic rings. The highest BCUT2D eigenvalue weighted by Crippen LogP contribution is 2.10. The molecule has 0 amide bonds. The van der Waals surface area contributed by atoms with Crippen molar-refractivity contribution in [3.8, 4) is 0 Å². The van der Waals surface area contributed by atoms with Crippen molar-refractivity contribution in [1.82, 2.24) is 5.32 Å². The predicted molar refractivity (Wildman–Crippen MR) is 63.6 cm³/mol. The van der Waals surface area contributed by atoms with E-state index in [0.29, 0.717) is 0 Å². The van der Waals surface area contributed by atoms with Gasteiger partial charge in [0.2, 0.25) is 0 Å². The fourth-order valence-corrected chi connectivity index (χ4v) is 1.23. The predicted octanol–water partition coefficient (Wildman–Crippen LogP) is 2.46. The van der Waals surface area contributed by atoms with E-state index in [1.807, 2.05) is 12.1 Å². The highest BCUT2D eigenvalue weighted by molar-refractivity contribution is 5.21. The summed E-state index contributed by atoms with van der Waals surface area (Å²) in [5.41, 5.74) is 2.41. The first-order valence-electron chi connectivity index (χ1n) is 5.51. The van der Waals surface area contributed by atoms with Crippen LogP contribution in [-0.2, 0) is 13.2 Å². The van der Waals surface area contributed by atoms with Gasteiger partial charge in [-0.25, -0.2) is 0 Å². The number of aliphatic hydroxyl groups is 1. The summed E-state index contributed by atoms with van der Waals surface area (Å²) in [6.07, 6.45) is 1.11. The second-order valence-electron chi connectivity index (χ2n) is 4.57. The van der Waals surface area contributed by atoms with E-state index in [1.165, 1.54) is 5.56 Å². The Bertz CT molecular complexity index is 290. The average molecular weight is 207 g/mol. The Kier molecular flexibility index (Phi) is 4.30. The molecule has 1 aromatic carbocycles. The van der Waals surface area contributed by atoms with E-state index < -0.39 is 0 Å². The number of benzene rings is 1. The van der Waals surface area contributed by atoms with Crippen LogP contribution in [0.2, 0.25) is 0 Å². The number of hydrogen-bond donors (Lipinski definition) is 2. The molecule has 1 rings (SSSR count). The van der Waals surface area contributed by atoms with Crippen LogP contribution in [0.1, 0.15) is 38.3 Å². The highest BCUT2D eigenvalue weighted by atomic mass is 16.3. The van der Waals surface area contributed by atoms with E-state index in [-0.39, 0.29) is 12.1 Å². The third-order valence-corrected chi connectivity index (χ3v) is 2.86. The summed E-state index contributed by atoms with van der Waals surface area (Å²) < 4.78 is 0.